The normalized spacial score (nSPS) is 16.5. The molecule has 0 radical (unpaired) electrons. The SMILES string of the molecule is CCCNCc1cccnc1SC1CCCC1. The lowest BCUT2D eigenvalue weighted by molar-refractivity contribution is 0.664. The average molecular weight is 250 g/mol. The predicted octanol–water partition coefficient (Wildman–Crippen LogP) is 3.62. The maximum atomic E-state index is 4.54. The van der Waals surface area contributed by atoms with Crippen LogP contribution < -0.4 is 5.32 Å². The third-order valence-corrected chi connectivity index (χ3v) is 4.57. The van der Waals surface area contributed by atoms with Crippen LogP contribution in [0.25, 0.3) is 0 Å². The van der Waals surface area contributed by atoms with E-state index in [0.717, 1.165) is 18.3 Å². The van der Waals surface area contributed by atoms with Crippen molar-refractivity contribution in [1.82, 2.24) is 10.3 Å². The van der Waals surface area contributed by atoms with E-state index in [2.05, 4.69) is 23.3 Å². The Kier molecular flexibility index (Phi) is 5.33. The van der Waals surface area contributed by atoms with Crippen molar-refractivity contribution >= 4 is 11.8 Å². The zero-order valence-electron chi connectivity index (χ0n) is 10.6. The topological polar surface area (TPSA) is 24.9 Å². The molecular weight excluding hydrogens is 228 g/mol. The molecule has 0 saturated heterocycles. The monoisotopic (exact) mass is 250 g/mol. The van der Waals surface area contributed by atoms with Crippen molar-refractivity contribution in [1.29, 1.82) is 0 Å². The standard InChI is InChI=1S/C14H22N2S/c1-2-9-15-11-12-6-5-10-16-14(12)17-13-7-3-4-8-13/h5-6,10,13,15H,2-4,7-9,11H2,1H3. The summed E-state index contributed by atoms with van der Waals surface area (Å²) in [4.78, 5) is 4.54. The van der Waals surface area contributed by atoms with Crippen LogP contribution in [0.4, 0.5) is 0 Å². The van der Waals surface area contributed by atoms with Crippen molar-refractivity contribution in [3.63, 3.8) is 0 Å². The number of thioether (sulfide) groups is 1. The number of aromatic nitrogens is 1. The molecule has 0 unspecified atom stereocenters. The molecule has 1 aromatic rings. The Bertz CT molecular complexity index is 335. The summed E-state index contributed by atoms with van der Waals surface area (Å²) in [6, 6.07) is 4.24. The highest BCUT2D eigenvalue weighted by Gasteiger charge is 2.18. The summed E-state index contributed by atoms with van der Waals surface area (Å²) in [7, 11) is 0. The fourth-order valence-corrected chi connectivity index (χ4v) is 3.53. The first-order chi connectivity index (χ1) is 8.40. The van der Waals surface area contributed by atoms with E-state index in [-0.39, 0.29) is 0 Å². The van der Waals surface area contributed by atoms with Gasteiger partial charge in [0, 0.05) is 18.0 Å². The molecular formula is C14H22N2S. The number of nitrogens with one attached hydrogen (secondary N) is 1. The summed E-state index contributed by atoms with van der Waals surface area (Å²) in [5.74, 6) is 0. The molecule has 0 bridgehead atoms. The third kappa shape index (κ3) is 4.00. The molecule has 2 nitrogen and oxygen atoms in total. The molecule has 1 aliphatic rings. The molecule has 1 fully saturated rings. The first-order valence-electron chi connectivity index (χ1n) is 6.71. The van der Waals surface area contributed by atoms with E-state index >= 15 is 0 Å². The van der Waals surface area contributed by atoms with Gasteiger partial charge in [-0.1, -0.05) is 25.8 Å². The quantitative estimate of drug-likeness (QED) is 0.781. The molecule has 94 valence electrons. The molecule has 0 atom stereocenters. The lowest BCUT2D eigenvalue weighted by Crippen LogP contribution is -2.15. The van der Waals surface area contributed by atoms with Crippen molar-refractivity contribution in [3.8, 4) is 0 Å². The summed E-state index contributed by atoms with van der Waals surface area (Å²) in [5.41, 5.74) is 1.36. The van der Waals surface area contributed by atoms with Crippen molar-refractivity contribution in [2.45, 2.75) is 55.8 Å². The highest BCUT2D eigenvalue weighted by Crippen LogP contribution is 2.34. The summed E-state index contributed by atoms with van der Waals surface area (Å²) in [5, 5.41) is 5.50. The number of hydrogen-bond acceptors (Lipinski definition) is 3. The Morgan fingerprint density at radius 1 is 1.41 bits per heavy atom. The van der Waals surface area contributed by atoms with Crippen LogP contribution in [0.5, 0.6) is 0 Å². The van der Waals surface area contributed by atoms with E-state index in [4.69, 9.17) is 0 Å². The zero-order valence-corrected chi connectivity index (χ0v) is 11.4. The first-order valence-corrected chi connectivity index (χ1v) is 7.59. The van der Waals surface area contributed by atoms with Crippen molar-refractivity contribution < 1.29 is 0 Å². The van der Waals surface area contributed by atoms with E-state index in [1.807, 2.05) is 24.0 Å². The molecule has 1 N–H and O–H groups in total. The van der Waals surface area contributed by atoms with Crippen LogP contribution >= 0.6 is 11.8 Å². The molecule has 1 aliphatic carbocycles. The second kappa shape index (κ2) is 7.02. The fraction of sp³-hybridized carbons (Fsp3) is 0.643. The first kappa shape index (κ1) is 12.9. The number of pyridine rings is 1. The molecule has 0 aromatic carbocycles. The zero-order chi connectivity index (χ0) is 11.9. The van der Waals surface area contributed by atoms with E-state index in [9.17, 15) is 0 Å². The lowest BCUT2D eigenvalue weighted by atomic mass is 10.3. The fourth-order valence-electron chi connectivity index (χ4n) is 2.23. The van der Waals surface area contributed by atoms with Gasteiger partial charge in [-0.25, -0.2) is 4.98 Å². The Hall–Kier alpha value is -0.540. The van der Waals surface area contributed by atoms with Crippen LogP contribution in [0, 0.1) is 0 Å². The average Bonchev–Trinajstić information content (AvgIpc) is 2.84. The van der Waals surface area contributed by atoms with E-state index < -0.39 is 0 Å². The minimum atomic E-state index is 0.801. The van der Waals surface area contributed by atoms with Crippen molar-refractivity contribution in [2.75, 3.05) is 6.54 Å². The Morgan fingerprint density at radius 3 is 3.00 bits per heavy atom. The molecule has 1 heterocycles. The van der Waals surface area contributed by atoms with Crippen LogP contribution in [0.15, 0.2) is 23.4 Å². The van der Waals surface area contributed by atoms with Gasteiger partial charge in [0.1, 0.15) is 5.03 Å². The van der Waals surface area contributed by atoms with Crippen LogP contribution in [0.3, 0.4) is 0 Å². The van der Waals surface area contributed by atoms with Gasteiger partial charge in [0.25, 0.3) is 0 Å². The smallest absolute Gasteiger partial charge is 0.101 e. The van der Waals surface area contributed by atoms with Gasteiger partial charge in [0.15, 0.2) is 0 Å². The summed E-state index contributed by atoms with van der Waals surface area (Å²) < 4.78 is 0. The maximum absolute atomic E-state index is 4.54. The van der Waals surface area contributed by atoms with Gasteiger partial charge in [0.2, 0.25) is 0 Å². The van der Waals surface area contributed by atoms with Crippen molar-refractivity contribution in [2.24, 2.45) is 0 Å². The van der Waals surface area contributed by atoms with Gasteiger partial charge >= 0.3 is 0 Å². The van der Waals surface area contributed by atoms with Gasteiger partial charge in [-0.2, -0.15) is 0 Å². The van der Waals surface area contributed by atoms with Crippen LogP contribution in [-0.2, 0) is 6.54 Å². The highest BCUT2D eigenvalue weighted by atomic mass is 32.2. The number of hydrogen-bond donors (Lipinski definition) is 1. The molecule has 3 heteroatoms. The van der Waals surface area contributed by atoms with Crippen LogP contribution in [-0.4, -0.2) is 16.8 Å². The maximum Gasteiger partial charge on any atom is 0.101 e. The molecule has 17 heavy (non-hydrogen) atoms. The molecule has 0 aliphatic heterocycles. The molecule has 1 saturated carbocycles. The number of nitrogens with zero attached hydrogens (tertiary/aromatic N) is 1. The second-order valence-corrected chi connectivity index (χ2v) is 5.96. The summed E-state index contributed by atoms with van der Waals surface area (Å²) in [6.07, 6.45) is 8.62. The minimum absolute atomic E-state index is 0.801. The van der Waals surface area contributed by atoms with E-state index in [1.54, 1.807) is 0 Å². The second-order valence-electron chi connectivity index (χ2n) is 4.67. The van der Waals surface area contributed by atoms with Gasteiger partial charge < -0.3 is 5.32 Å². The Balaban J connectivity index is 1.94. The predicted molar refractivity (Wildman–Crippen MR) is 74.3 cm³/mol. The van der Waals surface area contributed by atoms with E-state index in [1.165, 1.54) is 42.7 Å². The van der Waals surface area contributed by atoms with Gasteiger partial charge in [-0.3, -0.25) is 0 Å². The Labute approximate surface area is 109 Å². The molecule has 0 amide bonds. The van der Waals surface area contributed by atoms with Gasteiger partial charge in [-0.15, -0.1) is 11.8 Å². The molecule has 0 spiro atoms. The summed E-state index contributed by atoms with van der Waals surface area (Å²) in [6.45, 7) is 4.24. The van der Waals surface area contributed by atoms with Crippen LogP contribution in [0.1, 0.15) is 44.6 Å². The Morgan fingerprint density at radius 2 is 2.24 bits per heavy atom. The van der Waals surface area contributed by atoms with Gasteiger partial charge in [-0.05, 0) is 37.4 Å². The molecule has 1 aromatic heterocycles. The minimum Gasteiger partial charge on any atom is -0.313 e. The summed E-state index contributed by atoms with van der Waals surface area (Å²) >= 11 is 1.98. The van der Waals surface area contributed by atoms with Crippen molar-refractivity contribution in [3.05, 3.63) is 23.9 Å². The van der Waals surface area contributed by atoms with Crippen LogP contribution in [0.2, 0.25) is 0 Å². The third-order valence-electron chi connectivity index (χ3n) is 3.17. The highest BCUT2D eigenvalue weighted by molar-refractivity contribution is 7.99. The van der Waals surface area contributed by atoms with E-state index in [0.29, 0.717) is 0 Å². The van der Waals surface area contributed by atoms with Gasteiger partial charge in [0.05, 0.1) is 0 Å². The largest absolute Gasteiger partial charge is 0.313 e. The lowest BCUT2D eigenvalue weighted by Gasteiger charge is -2.12. The number of rotatable bonds is 6. The molecule has 2 rings (SSSR count).